The minimum atomic E-state index is -4.37. The Labute approximate surface area is 148 Å². The number of likely N-dealkylation sites (N-methyl/N-ethyl adjacent to an activating group) is 1. The molecule has 2 rings (SSSR count). The van der Waals surface area contributed by atoms with Crippen LogP contribution in [0.4, 0.5) is 18.9 Å². The zero-order chi connectivity index (χ0) is 17.7. The Balaban J connectivity index is 1.96. The van der Waals surface area contributed by atoms with Crippen molar-refractivity contribution in [2.45, 2.75) is 12.2 Å². The highest BCUT2D eigenvalue weighted by Crippen LogP contribution is 2.30. The van der Waals surface area contributed by atoms with Crippen LogP contribution in [0.15, 0.2) is 41.8 Å². The lowest BCUT2D eigenvalue weighted by molar-refractivity contribution is -0.890. The van der Waals surface area contributed by atoms with Gasteiger partial charge in [0, 0.05) is 5.69 Å². The first kappa shape index (κ1) is 18.7. The van der Waals surface area contributed by atoms with Gasteiger partial charge < -0.3 is 15.5 Å². The minimum absolute atomic E-state index is 0.214. The van der Waals surface area contributed by atoms with Gasteiger partial charge in [0.15, 0.2) is 5.11 Å². The lowest BCUT2D eigenvalue weighted by Gasteiger charge is -2.21. The Bertz CT molecular complexity index is 669. The highest BCUT2D eigenvalue weighted by atomic mass is 32.1. The standard InChI is InChI=1S/C16H18F3N3S2/c1-22(2)13(14-7-4-8-24-14)10-20-15(23)21-12-6-3-5-11(9-12)16(17,18)19/h3-9,13H,10H2,1-2H3,(H2,20,21,23)/p+1/t13-/m0/s1. The third kappa shape index (κ3) is 5.19. The Hall–Kier alpha value is -1.64. The largest absolute Gasteiger partial charge is 0.416 e. The number of halogens is 3. The van der Waals surface area contributed by atoms with Gasteiger partial charge in [0.1, 0.15) is 6.04 Å². The van der Waals surface area contributed by atoms with Gasteiger partial charge in [-0.25, -0.2) is 0 Å². The molecule has 130 valence electrons. The number of benzene rings is 1. The predicted octanol–water partition coefficient (Wildman–Crippen LogP) is 2.94. The first-order valence-electron chi connectivity index (χ1n) is 7.33. The number of hydrogen-bond donors (Lipinski definition) is 3. The maximum absolute atomic E-state index is 12.7. The molecule has 0 amide bonds. The summed E-state index contributed by atoms with van der Waals surface area (Å²) in [7, 11) is 4.10. The zero-order valence-electron chi connectivity index (χ0n) is 13.3. The van der Waals surface area contributed by atoms with E-state index < -0.39 is 11.7 Å². The summed E-state index contributed by atoms with van der Waals surface area (Å²) < 4.78 is 38.2. The Morgan fingerprint density at radius 3 is 2.58 bits per heavy atom. The molecular weight excluding hydrogens is 355 g/mol. The van der Waals surface area contributed by atoms with Gasteiger partial charge in [0.25, 0.3) is 0 Å². The second kappa shape index (κ2) is 7.96. The summed E-state index contributed by atoms with van der Waals surface area (Å²) in [5, 5.41) is 8.21. The molecule has 0 fully saturated rings. The summed E-state index contributed by atoms with van der Waals surface area (Å²) in [5.41, 5.74) is -0.392. The second-order valence-corrected chi connectivity index (χ2v) is 6.95. The van der Waals surface area contributed by atoms with Gasteiger partial charge in [-0.2, -0.15) is 13.2 Å². The van der Waals surface area contributed by atoms with Crippen molar-refractivity contribution >= 4 is 34.4 Å². The predicted molar refractivity (Wildman–Crippen MR) is 95.5 cm³/mol. The van der Waals surface area contributed by atoms with Gasteiger partial charge in [0.05, 0.1) is 31.1 Å². The first-order valence-corrected chi connectivity index (χ1v) is 8.61. The van der Waals surface area contributed by atoms with Crippen molar-refractivity contribution in [1.29, 1.82) is 0 Å². The third-order valence-electron chi connectivity index (χ3n) is 3.50. The van der Waals surface area contributed by atoms with Crippen molar-refractivity contribution < 1.29 is 18.1 Å². The minimum Gasteiger partial charge on any atom is -0.356 e. The van der Waals surface area contributed by atoms with E-state index in [1.807, 2.05) is 11.4 Å². The van der Waals surface area contributed by atoms with Crippen LogP contribution in [0.5, 0.6) is 0 Å². The van der Waals surface area contributed by atoms with Gasteiger partial charge in [-0.05, 0) is 41.9 Å². The summed E-state index contributed by atoms with van der Waals surface area (Å²) in [6.07, 6.45) is -4.37. The molecule has 0 unspecified atom stereocenters. The summed E-state index contributed by atoms with van der Waals surface area (Å²) in [6.45, 7) is 0.591. The number of anilines is 1. The van der Waals surface area contributed by atoms with Crippen LogP contribution in [-0.2, 0) is 6.18 Å². The van der Waals surface area contributed by atoms with Crippen LogP contribution >= 0.6 is 23.6 Å². The molecule has 0 bridgehead atoms. The topological polar surface area (TPSA) is 28.5 Å². The van der Waals surface area contributed by atoms with Crippen LogP contribution in [0.3, 0.4) is 0 Å². The molecule has 1 aromatic heterocycles. The molecule has 0 aliphatic rings. The maximum atomic E-state index is 12.7. The maximum Gasteiger partial charge on any atom is 0.416 e. The molecule has 8 heteroatoms. The molecule has 2 aromatic rings. The Kier molecular flexibility index (Phi) is 6.20. The average Bonchev–Trinajstić information content (AvgIpc) is 3.00. The highest BCUT2D eigenvalue weighted by Gasteiger charge is 2.30. The molecule has 3 nitrogen and oxygen atoms in total. The van der Waals surface area contributed by atoms with Gasteiger partial charge in [0.2, 0.25) is 0 Å². The molecule has 1 atom stereocenters. The molecule has 1 aromatic carbocycles. The second-order valence-electron chi connectivity index (χ2n) is 5.56. The summed E-state index contributed by atoms with van der Waals surface area (Å²) in [6, 6.07) is 9.25. The molecule has 24 heavy (non-hydrogen) atoms. The van der Waals surface area contributed by atoms with Gasteiger partial charge in [-0.3, -0.25) is 0 Å². The Morgan fingerprint density at radius 2 is 2.00 bits per heavy atom. The van der Waals surface area contributed by atoms with Crippen molar-refractivity contribution in [1.82, 2.24) is 5.32 Å². The normalized spacial score (nSPS) is 12.9. The average molecular weight is 374 g/mol. The number of nitrogens with one attached hydrogen (secondary N) is 3. The van der Waals surface area contributed by atoms with Crippen LogP contribution in [0.1, 0.15) is 16.5 Å². The third-order valence-corrected chi connectivity index (χ3v) is 4.73. The van der Waals surface area contributed by atoms with E-state index in [0.29, 0.717) is 17.3 Å². The zero-order valence-corrected chi connectivity index (χ0v) is 14.9. The summed E-state index contributed by atoms with van der Waals surface area (Å²) in [4.78, 5) is 2.47. The molecule has 0 aliphatic carbocycles. The fourth-order valence-electron chi connectivity index (χ4n) is 2.22. The van der Waals surface area contributed by atoms with E-state index in [4.69, 9.17) is 12.2 Å². The van der Waals surface area contributed by atoms with Crippen molar-refractivity contribution in [3.05, 3.63) is 52.2 Å². The molecule has 0 spiro atoms. The van der Waals surface area contributed by atoms with E-state index in [0.717, 1.165) is 12.1 Å². The van der Waals surface area contributed by atoms with E-state index in [1.54, 1.807) is 17.4 Å². The van der Waals surface area contributed by atoms with Crippen molar-refractivity contribution in [3.63, 3.8) is 0 Å². The number of thiophene rings is 1. The fourth-order valence-corrected chi connectivity index (χ4v) is 3.38. The van der Waals surface area contributed by atoms with Gasteiger partial charge in [-0.15, -0.1) is 11.3 Å². The lowest BCUT2D eigenvalue weighted by Crippen LogP contribution is -3.06. The van der Waals surface area contributed by atoms with E-state index in [1.165, 1.54) is 15.8 Å². The van der Waals surface area contributed by atoms with Gasteiger partial charge >= 0.3 is 6.18 Å². The molecule has 0 aliphatic heterocycles. The van der Waals surface area contributed by atoms with Crippen LogP contribution < -0.4 is 15.5 Å². The number of hydrogen-bond acceptors (Lipinski definition) is 2. The molecule has 3 N–H and O–H groups in total. The smallest absolute Gasteiger partial charge is 0.356 e. The molecule has 0 saturated carbocycles. The van der Waals surface area contributed by atoms with Crippen molar-refractivity contribution in [2.24, 2.45) is 0 Å². The number of alkyl halides is 3. The molecule has 0 radical (unpaired) electrons. The first-order chi connectivity index (χ1) is 11.3. The highest BCUT2D eigenvalue weighted by molar-refractivity contribution is 7.80. The number of quaternary nitrogens is 1. The van der Waals surface area contributed by atoms with E-state index in [-0.39, 0.29) is 6.04 Å². The van der Waals surface area contributed by atoms with Crippen molar-refractivity contribution in [3.8, 4) is 0 Å². The van der Waals surface area contributed by atoms with Crippen molar-refractivity contribution in [2.75, 3.05) is 26.0 Å². The number of rotatable bonds is 5. The van der Waals surface area contributed by atoms with E-state index in [9.17, 15) is 13.2 Å². The summed E-state index contributed by atoms with van der Waals surface area (Å²) >= 11 is 6.87. The molecule has 0 saturated heterocycles. The molecular formula is C16H19F3N3S2+. The van der Waals surface area contributed by atoms with E-state index >= 15 is 0 Å². The lowest BCUT2D eigenvalue weighted by atomic mass is 10.2. The van der Waals surface area contributed by atoms with E-state index in [2.05, 4.69) is 30.8 Å². The quantitative estimate of drug-likeness (QED) is 0.703. The summed E-state index contributed by atoms with van der Waals surface area (Å²) in [5.74, 6) is 0. The SMILES string of the molecule is C[NH+](C)[C@@H](CNC(=S)Nc1cccc(C(F)(F)F)c1)c1cccs1. The van der Waals surface area contributed by atoms with Gasteiger partial charge in [-0.1, -0.05) is 12.1 Å². The van der Waals surface area contributed by atoms with Crippen LogP contribution in [0, 0.1) is 0 Å². The van der Waals surface area contributed by atoms with Crippen LogP contribution in [0.25, 0.3) is 0 Å². The fraction of sp³-hybridized carbons (Fsp3) is 0.312. The number of thiocarbonyl (C=S) groups is 1. The molecule has 1 heterocycles. The Morgan fingerprint density at radius 1 is 1.25 bits per heavy atom. The van der Waals surface area contributed by atoms with Crippen LogP contribution in [0.2, 0.25) is 0 Å². The van der Waals surface area contributed by atoms with Crippen LogP contribution in [-0.4, -0.2) is 25.8 Å². The monoisotopic (exact) mass is 374 g/mol.